The number of aromatic nitrogens is 2. The van der Waals surface area contributed by atoms with Crippen LogP contribution in [0.15, 0.2) is 43.0 Å². The summed E-state index contributed by atoms with van der Waals surface area (Å²) in [7, 11) is 2.06. The minimum Gasteiger partial charge on any atom is -0.461 e. The molecule has 0 N–H and O–H groups in total. The van der Waals surface area contributed by atoms with E-state index in [9.17, 15) is 9.18 Å². The zero-order chi connectivity index (χ0) is 29.7. The third-order valence-corrected chi connectivity index (χ3v) is 10.5. The van der Waals surface area contributed by atoms with Crippen LogP contribution in [0.5, 0.6) is 6.01 Å². The minimum atomic E-state index is -0.422. The molecule has 3 aromatic rings. The van der Waals surface area contributed by atoms with Crippen molar-refractivity contribution in [1.82, 2.24) is 19.8 Å². The van der Waals surface area contributed by atoms with Crippen molar-refractivity contribution < 1.29 is 13.9 Å². The number of halogens is 2. The van der Waals surface area contributed by atoms with Crippen LogP contribution in [0.25, 0.3) is 10.8 Å². The number of hydrogen-bond acceptors (Lipinski definition) is 7. The molecule has 0 aliphatic carbocycles. The molecule has 3 fully saturated rings. The molecule has 7 rings (SSSR count). The van der Waals surface area contributed by atoms with Gasteiger partial charge in [0.2, 0.25) is 5.91 Å². The molecular weight excluding hydrogens is 567 g/mol. The van der Waals surface area contributed by atoms with Crippen LogP contribution in [-0.2, 0) is 17.8 Å². The number of likely N-dealkylation sites (N-methyl/N-ethyl adjacent to an activating group) is 1. The normalized spacial score (nSPS) is 21.2. The first-order valence-corrected chi connectivity index (χ1v) is 15.8. The number of carbonyl (C=O) groups excluding carboxylic acids is 1. The minimum absolute atomic E-state index is 0.0394. The highest BCUT2D eigenvalue weighted by atomic mass is 35.5. The predicted octanol–water partition coefficient (Wildman–Crippen LogP) is 5.22. The van der Waals surface area contributed by atoms with Crippen LogP contribution < -0.4 is 14.5 Å². The molecule has 1 amide bonds. The van der Waals surface area contributed by atoms with Crippen molar-refractivity contribution in [1.29, 1.82) is 0 Å². The number of hydrogen-bond donors (Lipinski definition) is 0. The summed E-state index contributed by atoms with van der Waals surface area (Å²) in [6, 6.07) is 9.67. The number of likely N-dealkylation sites (tertiary alicyclic amines) is 1. The number of anilines is 2. The zero-order valence-electron chi connectivity index (χ0n) is 24.7. The van der Waals surface area contributed by atoms with E-state index in [0.717, 1.165) is 72.3 Å². The summed E-state index contributed by atoms with van der Waals surface area (Å²) < 4.78 is 21.0. The average molecular weight is 605 g/mol. The van der Waals surface area contributed by atoms with E-state index >= 15 is 0 Å². The highest BCUT2D eigenvalue weighted by Gasteiger charge is 2.45. The Bertz CT molecular complexity index is 1570. The van der Waals surface area contributed by atoms with Crippen molar-refractivity contribution in [3.63, 3.8) is 0 Å². The van der Waals surface area contributed by atoms with Gasteiger partial charge in [-0.15, -0.1) is 0 Å². The molecule has 8 nitrogen and oxygen atoms in total. The molecule has 0 unspecified atom stereocenters. The van der Waals surface area contributed by atoms with Gasteiger partial charge in [0.15, 0.2) is 0 Å². The maximum absolute atomic E-state index is 14.6. The summed E-state index contributed by atoms with van der Waals surface area (Å²) in [5.41, 5.74) is 2.98. The number of amides is 1. The van der Waals surface area contributed by atoms with Gasteiger partial charge in [-0.25, -0.2) is 4.39 Å². The van der Waals surface area contributed by atoms with Gasteiger partial charge >= 0.3 is 6.01 Å². The van der Waals surface area contributed by atoms with Gasteiger partial charge in [-0.3, -0.25) is 9.69 Å². The van der Waals surface area contributed by atoms with Gasteiger partial charge in [-0.2, -0.15) is 9.97 Å². The van der Waals surface area contributed by atoms with Crippen molar-refractivity contribution in [2.45, 2.75) is 56.7 Å². The summed E-state index contributed by atoms with van der Waals surface area (Å²) in [4.78, 5) is 31.2. The molecule has 43 heavy (non-hydrogen) atoms. The molecule has 0 saturated carbocycles. The molecule has 1 atom stereocenters. The molecule has 5 heterocycles. The summed E-state index contributed by atoms with van der Waals surface area (Å²) in [5, 5.41) is 1.76. The Kier molecular flexibility index (Phi) is 7.42. The Morgan fingerprint density at radius 3 is 2.79 bits per heavy atom. The SMILES string of the molecule is C=CC(=O)N1CC[C@@H](N(C)c2nc(OCC34CCCN3CCC4)nc3c2CCN(c2cccc4ccc(F)c(Cl)c24)C3)C1. The second-order valence-electron chi connectivity index (χ2n) is 12.4. The lowest BCUT2D eigenvalue weighted by atomic mass is 9.95. The fourth-order valence-electron chi connectivity index (χ4n) is 7.73. The van der Waals surface area contributed by atoms with Crippen LogP contribution in [0.4, 0.5) is 15.9 Å². The Labute approximate surface area is 257 Å². The lowest BCUT2D eigenvalue weighted by molar-refractivity contribution is -0.125. The molecule has 4 aliphatic rings. The van der Waals surface area contributed by atoms with Crippen molar-refractivity contribution in [3.05, 3.63) is 65.1 Å². The van der Waals surface area contributed by atoms with E-state index in [0.29, 0.717) is 38.8 Å². The van der Waals surface area contributed by atoms with Crippen LogP contribution in [0.2, 0.25) is 5.02 Å². The monoisotopic (exact) mass is 604 g/mol. The van der Waals surface area contributed by atoms with E-state index in [1.807, 2.05) is 23.1 Å². The highest BCUT2D eigenvalue weighted by Crippen LogP contribution is 2.40. The van der Waals surface area contributed by atoms with Crippen LogP contribution in [0.1, 0.15) is 43.4 Å². The maximum atomic E-state index is 14.6. The van der Waals surface area contributed by atoms with E-state index < -0.39 is 5.82 Å². The molecule has 226 valence electrons. The van der Waals surface area contributed by atoms with E-state index in [-0.39, 0.29) is 22.5 Å². The van der Waals surface area contributed by atoms with Gasteiger partial charge < -0.3 is 19.4 Å². The van der Waals surface area contributed by atoms with Gasteiger partial charge in [-0.05, 0) is 75.2 Å². The van der Waals surface area contributed by atoms with Crippen LogP contribution in [0.3, 0.4) is 0 Å². The second-order valence-corrected chi connectivity index (χ2v) is 12.8. The van der Waals surface area contributed by atoms with E-state index in [4.69, 9.17) is 26.3 Å². The first kappa shape index (κ1) is 28.3. The maximum Gasteiger partial charge on any atom is 0.318 e. The molecule has 0 bridgehead atoms. The third kappa shape index (κ3) is 5.00. The first-order chi connectivity index (χ1) is 20.9. The molecule has 3 saturated heterocycles. The summed E-state index contributed by atoms with van der Waals surface area (Å²) in [6.07, 6.45) is 7.65. The lowest BCUT2D eigenvalue weighted by Gasteiger charge is -2.35. The van der Waals surface area contributed by atoms with Gasteiger partial charge in [-0.1, -0.05) is 36.4 Å². The average Bonchev–Trinajstić information content (AvgIpc) is 3.77. The van der Waals surface area contributed by atoms with Crippen molar-refractivity contribution in [3.8, 4) is 6.01 Å². The fourth-order valence-corrected chi connectivity index (χ4v) is 7.99. The highest BCUT2D eigenvalue weighted by molar-refractivity contribution is 6.36. The van der Waals surface area contributed by atoms with Crippen LogP contribution in [-0.4, -0.2) is 83.6 Å². The lowest BCUT2D eigenvalue weighted by Crippen LogP contribution is -2.44. The largest absolute Gasteiger partial charge is 0.461 e. The number of benzene rings is 2. The molecular formula is C33H38ClFN6O2. The van der Waals surface area contributed by atoms with E-state index in [2.05, 4.69) is 28.3 Å². The third-order valence-electron chi connectivity index (χ3n) is 10.1. The number of carbonyl (C=O) groups is 1. The summed E-state index contributed by atoms with van der Waals surface area (Å²) in [6.45, 7) is 9.08. The van der Waals surface area contributed by atoms with Gasteiger partial charge in [0.05, 0.1) is 22.8 Å². The standard InChI is InChI=1S/C33H38ClFN6O2/c1-3-28(42)40-17-11-23(19-40)38(2)31-24-12-18-39(27-8-4-7-22-9-10-25(35)30(34)29(22)27)20-26(24)36-32(37-31)43-21-33-13-5-15-41(33)16-6-14-33/h3-4,7-10,23H,1,5-6,11-21H2,2H3/t23-/m1/s1. The number of fused-ring (bicyclic) bond motifs is 3. The summed E-state index contributed by atoms with van der Waals surface area (Å²) >= 11 is 6.51. The molecule has 1 aromatic heterocycles. The topological polar surface area (TPSA) is 65.0 Å². The number of nitrogens with zero attached hydrogens (tertiary/aromatic N) is 6. The van der Waals surface area contributed by atoms with Crippen molar-refractivity contribution in [2.75, 3.05) is 56.2 Å². The predicted molar refractivity (Wildman–Crippen MR) is 168 cm³/mol. The number of rotatable bonds is 7. The van der Waals surface area contributed by atoms with Crippen molar-refractivity contribution >= 4 is 39.8 Å². The van der Waals surface area contributed by atoms with Gasteiger partial charge in [0.25, 0.3) is 0 Å². The zero-order valence-corrected chi connectivity index (χ0v) is 25.5. The summed E-state index contributed by atoms with van der Waals surface area (Å²) in [5.74, 6) is 0.405. The molecule has 0 spiro atoms. The fraction of sp³-hybridized carbons (Fsp3) is 0.485. The molecule has 2 aromatic carbocycles. The van der Waals surface area contributed by atoms with Gasteiger partial charge in [0.1, 0.15) is 18.2 Å². The van der Waals surface area contributed by atoms with E-state index in [1.54, 1.807) is 6.07 Å². The smallest absolute Gasteiger partial charge is 0.318 e. The quantitative estimate of drug-likeness (QED) is 0.343. The van der Waals surface area contributed by atoms with E-state index in [1.165, 1.54) is 25.0 Å². The van der Waals surface area contributed by atoms with Gasteiger partial charge in [0, 0.05) is 49.4 Å². The van der Waals surface area contributed by atoms with Crippen LogP contribution in [0, 0.1) is 5.82 Å². The Balaban J connectivity index is 1.23. The first-order valence-electron chi connectivity index (χ1n) is 15.4. The van der Waals surface area contributed by atoms with Crippen LogP contribution >= 0.6 is 11.6 Å². The number of ether oxygens (including phenoxy) is 1. The Morgan fingerprint density at radius 1 is 1.19 bits per heavy atom. The molecule has 4 aliphatic heterocycles. The molecule has 0 radical (unpaired) electrons. The Morgan fingerprint density at radius 2 is 2.00 bits per heavy atom. The molecule has 10 heteroatoms. The Hall–Kier alpha value is -3.43. The second kappa shape index (κ2) is 11.2. The van der Waals surface area contributed by atoms with Crippen molar-refractivity contribution in [2.24, 2.45) is 0 Å².